The predicted octanol–water partition coefficient (Wildman–Crippen LogP) is 0.588. The molecule has 0 bridgehead atoms. The SMILES string of the molecule is CCC1(C(=O)O)CC(N)C1. The zero-order chi connectivity index (χ0) is 7.78. The summed E-state index contributed by atoms with van der Waals surface area (Å²) >= 11 is 0. The van der Waals surface area contributed by atoms with Crippen LogP contribution in [0.15, 0.2) is 0 Å². The quantitative estimate of drug-likeness (QED) is 0.594. The average Bonchev–Trinajstić information content (AvgIpc) is 1.79. The Kier molecular flexibility index (Phi) is 1.68. The van der Waals surface area contributed by atoms with E-state index < -0.39 is 11.4 Å². The zero-order valence-electron chi connectivity index (χ0n) is 6.13. The fraction of sp³-hybridized carbons (Fsp3) is 0.857. The Bertz CT molecular complexity index is 150. The topological polar surface area (TPSA) is 63.3 Å². The first-order valence-electron chi connectivity index (χ1n) is 3.60. The Morgan fingerprint density at radius 3 is 2.40 bits per heavy atom. The molecule has 10 heavy (non-hydrogen) atoms. The predicted molar refractivity (Wildman–Crippen MR) is 37.6 cm³/mol. The number of aliphatic carboxylic acids is 1. The van der Waals surface area contributed by atoms with E-state index in [4.69, 9.17) is 10.8 Å². The Morgan fingerprint density at radius 2 is 2.30 bits per heavy atom. The second-order valence-corrected chi connectivity index (χ2v) is 3.11. The normalized spacial score (nSPS) is 38.8. The fourth-order valence-corrected chi connectivity index (χ4v) is 1.56. The molecule has 0 atom stereocenters. The third-order valence-corrected chi connectivity index (χ3v) is 2.44. The molecule has 3 N–H and O–H groups in total. The van der Waals surface area contributed by atoms with Crippen LogP contribution in [0.5, 0.6) is 0 Å². The summed E-state index contributed by atoms with van der Waals surface area (Å²) in [7, 11) is 0. The standard InChI is InChI=1S/C7H13NO2/c1-2-7(6(9)10)3-5(8)4-7/h5H,2-4,8H2,1H3,(H,9,10). The van der Waals surface area contributed by atoms with E-state index in [0.717, 1.165) is 0 Å². The first-order valence-corrected chi connectivity index (χ1v) is 3.60. The summed E-state index contributed by atoms with van der Waals surface area (Å²) in [5, 5.41) is 8.75. The van der Waals surface area contributed by atoms with E-state index in [-0.39, 0.29) is 6.04 Å². The van der Waals surface area contributed by atoms with Gasteiger partial charge < -0.3 is 10.8 Å². The Balaban J connectivity index is 2.56. The van der Waals surface area contributed by atoms with E-state index in [2.05, 4.69) is 0 Å². The maximum atomic E-state index is 10.6. The van der Waals surface area contributed by atoms with Gasteiger partial charge in [0, 0.05) is 6.04 Å². The van der Waals surface area contributed by atoms with Crippen molar-refractivity contribution in [3.05, 3.63) is 0 Å². The molecule has 0 heterocycles. The van der Waals surface area contributed by atoms with E-state index >= 15 is 0 Å². The van der Waals surface area contributed by atoms with Gasteiger partial charge in [-0.25, -0.2) is 0 Å². The average molecular weight is 143 g/mol. The van der Waals surface area contributed by atoms with Crippen molar-refractivity contribution in [3.8, 4) is 0 Å². The van der Waals surface area contributed by atoms with Crippen molar-refractivity contribution in [2.75, 3.05) is 0 Å². The minimum absolute atomic E-state index is 0.121. The lowest BCUT2D eigenvalue weighted by Crippen LogP contribution is -2.50. The van der Waals surface area contributed by atoms with Crippen LogP contribution in [0.25, 0.3) is 0 Å². The van der Waals surface area contributed by atoms with Gasteiger partial charge in [-0.1, -0.05) is 6.92 Å². The monoisotopic (exact) mass is 143 g/mol. The van der Waals surface area contributed by atoms with Gasteiger partial charge in [0.05, 0.1) is 5.41 Å². The highest BCUT2D eigenvalue weighted by atomic mass is 16.4. The maximum absolute atomic E-state index is 10.6. The van der Waals surface area contributed by atoms with Crippen LogP contribution in [0.4, 0.5) is 0 Å². The molecule has 0 radical (unpaired) electrons. The number of carbonyl (C=O) groups is 1. The third kappa shape index (κ3) is 0.904. The maximum Gasteiger partial charge on any atom is 0.309 e. The molecule has 0 aromatic carbocycles. The van der Waals surface area contributed by atoms with Gasteiger partial charge in [-0.15, -0.1) is 0 Å². The summed E-state index contributed by atoms with van der Waals surface area (Å²) in [5.41, 5.74) is 5.03. The van der Waals surface area contributed by atoms with Crippen LogP contribution < -0.4 is 5.73 Å². The molecule has 0 aliphatic heterocycles. The third-order valence-electron chi connectivity index (χ3n) is 2.44. The molecule has 3 nitrogen and oxygen atoms in total. The zero-order valence-corrected chi connectivity index (χ0v) is 6.13. The smallest absolute Gasteiger partial charge is 0.309 e. The van der Waals surface area contributed by atoms with Crippen LogP contribution in [-0.2, 0) is 4.79 Å². The lowest BCUT2D eigenvalue weighted by atomic mass is 9.64. The molecule has 0 aromatic heterocycles. The number of hydrogen-bond acceptors (Lipinski definition) is 2. The molecule has 1 saturated carbocycles. The van der Waals surface area contributed by atoms with Gasteiger partial charge in [-0.2, -0.15) is 0 Å². The lowest BCUT2D eigenvalue weighted by molar-refractivity contribution is -0.155. The van der Waals surface area contributed by atoms with E-state index in [1.54, 1.807) is 0 Å². The highest BCUT2D eigenvalue weighted by molar-refractivity contribution is 5.76. The molecule has 1 fully saturated rings. The molecular formula is C7H13NO2. The van der Waals surface area contributed by atoms with Crippen molar-refractivity contribution in [1.29, 1.82) is 0 Å². The summed E-state index contributed by atoms with van der Waals surface area (Å²) in [6.45, 7) is 1.90. The first-order chi connectivity index (χ1) is 4.60. The molecule has 58 valence electrons. The lowest BCUT2D eigenvalue weighted by Gasteiger charge is -2.41. The highest BCUT2D eigenvalue weighted by Gasteiger charge is 2.47. The number of hydrogen-bond donors (Lipinski definition) is 2. The van der Waals surface area contributed by atoms with Crippen molar-refractivity contribution in [2.45, 2.75) is 32.2 Å². The van der Waals surface area contributed by atoms with Crippen molar-refractivity contribution in [3.63, 3.8) is 0 Å². The Labute approximate surface area is 60.2 Å². The van der Waals surface area contributed by atoms with Crippen LogP contribution in [-0.4, -0.2) is 17.1 Å². The minimum atomic E-state index is -0.684. The van der Waals surface area contributed by atoms with Gasteiger partial charge in [-0.3, -0.25) is 4.79 Å². The summed E-state index contributed by atoms with van der Waals surface area (Å²) in [5.74, 6) is -0.684. The number of rotatable bonds is 2. The largest absolute Gasteiger partial charge is 0.481 e. The van der Waals surface area contributed by atoms with E-state index in [0.29, 0.717) is 19.3 Å². The van der Waals surface area contributed by atoms with Crippen LogP contribution in [0.1, 0.15) is 26.2 Å². The highest BCUT2D eigenvalue weighted by Crippen LogP contribution is 2.42. The number of nitrogens with two attached hydrogens (primary N) is 1. The molecule has 0 saturated heterocycles. The van der Waals surface area contributed by atoms with Gasteiger partial charge in [0.25, 0.3) is 0 Å². The van der Waals surface area contributed by atoms with Crippen LogP contribution in [0.2, 0.25) is 0 Å². The Morgan fingerprint density at radius 1 is 1.80 bits per heavy atom. The van der Waals surface area contributed by atoms with Gasteiger partial charge in [-0.05, 0) is 19.3 Å². The summed E-state index contributed by atoms with van der Waals surface area (Å²) in [6, 6.07) is 0.121. The summed E-state index contributed by atoms with van der Waals surface area (Å²) < 4.78 is 0. The first kappa shape index (κ1) is 7.54. The van der Waals surface area contributed by atoms with Gasteiger partial charge in [0.2, 0.25) is 0 Å². The molecule has 1 aliphatic carbocycles. The minimum Gasteiger partial charge on any atom is -0.481 e. The Hall–Kier alpha value is -0.570. The van der Waals surface area contributed by atoms with Gasteiger partial charge in [0.15, 0.2) is 0 Å². The summed E-state index contributed by atoms with van der Waals surface area (Å²) in [4.78, 5) is 10.6. The molecule has 1 aliphatic rings. The van der Waals surface area contributed by atoms with E-state index in [1.165, 1.54) is 0 Å². The van der Waals surface area contributed by atoms with E-state index in [9.17, 15) is 4.79 Å². The molecular weight excluding hydrogens is 130 g/mol. The molecule has 1 rings (SSSR count). The molecule has 0 unspecified atom stereocenters. The molecule has 0 spiro atoms. The van der Waals surface area contributed by atoms with Gasteiger partial charge in [0.1, 0.15) is 0 Å². The molecule has 0 aromatic rings. The molecule has 0 amide bonds. The van der Waals surface area contributed by atoms with Crippen molar-refractivity contribution in [2.24, 2.45) is 11.1 Å². The van der Waals surface area contributed by atoms with Crippen LogP contribution in [0.3, 0.4) is 0 Å². The van der Waals surface area contributed by atoms with Gasteiger partial charge >= 0.3 is 5.97 Å². The van der Waals surface area contributed by atoms with Crippen molar-refractivity contribution in [1.82, 2.24) is 0 Å². The number of carboxylic acid groups (broad SMARTS) is 1. The summed E-state index contributed by atoms with van der Waals surface area (Å²) in [6.07, 6.45) is 2.01. The van der Waals surface area contributed by atoms with Crippen LogP contribution in [0, 0.1) is 5.41 Å². The molecule has 3 heteroatoms. The van der Waals surface area contributed by atoms with Crippen LogP contribution >= 0.6 is 0 Å². The fourth-order valence-electron chi connectivity index (χ4n) is 1.56. The van der Waals surface area contributed by atoms with Crippen molar-refractivity contribution >= 4 is 5.97 Å². The van der Waals surface area contributed by atoms with Crippen molar-refractivity contribution < 1.29 is 9.90 Å². The number of carboxylic acids is 1. The second kappa shape index (κ2) is 2.23. The second-order valence-electron chi connectivity index (χ2n) is 3.11. The van der Waals surface area contributed by atoms with E-state index in [1.807, 2.05) is 6.92 Å².